The largest absolute Gasteiger partial charge is 0.380 e. The van der Waals surface area contributed by atoms with E-state index < -0.39 is 0 Å². The average Bonchev–Trinajstić information content (AvgIpc) is 2.81. The minimum atomic E-state index is 0.488. The van der Waals surface area contributed by atoms with Gasteiger partial charge in [0.2, 0.25) is 0 Å². The van der Waals surface area contributed by atoms with E-state index in [2.05, 4.69) is 16.5 Å². The fourth-order valence-electron chi connectivity index (χ4n) is 2.28. The van der Waals surface area contributed by atoms with E-state index in [0.29, 0.717) is 6.04 Å². The zero-order valence-corrected chi connectivity index (χ0v) is 9.80. The maximum atomic E-state index is 5.46. The van der Waals surface area contributed by atoms with Crippen LogP contribution in [0.4, 0.5) is 0 Å². The molecule has 0 amide bonds. The third-order valence-electron chi connectivity index (χ3n) is 3.25. The summed E-state index contributed by atoms with van der Waals surface area (Å²) in [6.45, 7) is 2.61. The van der Waals surface area contributed by atoms with Gasteiger partial charge in [0.25, 0.3) is 0 Å². The molecule has 1 fully saturated rings. The number of nitrogens with one attached hydrogen (secondary N) is 1. The van der Waals surface area contributed by atoms with Crippen molar-refractivity contribution in [1.82, 2.24) is 14.9 Å². The van der Waals surface area contributed by atoms with Crippen LogP contribution in [0, 0.1) is 0 Å². The molecule has 0 aliphatic carbocycles. The Kier molecular flexibility index (Phi) is 3.07. The molecule has 3 heterocycles. The minimum Gasteiger partial charge on any atom is -0.380 e. The standard InChI is InChI=1S/C13H17N3O/c1-2-6-16-13(5-1)11(9-15-16)8-14-12-4-3-7-17-10-12/h1-2,5-6,9,12,14H,3-4,7-8,10H2. The van der Waals surface area contributed by atoms with Gasteiger partial charge < -0.3 is 10.1 Å². The highest BCUT2D eigenvalue weighted by atomic mass is 16.5. The summed E-state index contributed by atoms with van der Waals surface area (Å²) in [5, 5.41) is 7.87. The Bertz CT molecular complexity index is 488. The van der Waals surface area contributed by atoms with Gasteiger partial charge in [0.05, 0.1) is 18.3 Å². The second-order valence-electron chi connectivity index (χ2n) is 4.50. The topological polar surface area (TPSA) is 38.6 Å². The fourth-order valence-corrected chi connectivity index (χ4v) is 2.28. The van der Waals surface area contributed by atoms with E-state index in [1.807, 2.05) is 29.0 Å². The van der Waals surface area contributed by atoms with Crippen molar-refractivity contribution in [2.45, 2.75) is 25.4 Å². The maximum absolute atomic E-state index is 5.46. The van der Waals surface area contributed by atoms with Gasteiger partial charge in [-0.3, -0.25) is 0 Å². The van der Waals surface area contributed by atoms with Crippen LogP contribution in [0.25, 0.3) is 5.52 Å². The van der Waals surface area contributed by atoms with Gasteiger partial charge in [-0.2, -0.15) is 5.10 Å². The highest BCUT2D eigenvalue weighted by Gasteiger charge is 2.13. The highest BCUT2D eigenvalue weighted by Crippen LogP contribution is 2.11. The van der Waals surface area contributed by atoms with Crippen molar-refractivity contribution in [2.24, 2.45) is 0 Å². The molecule has 1 aliphatic rings. The molecule has 0 aromatic carbocycles. The summed E-state index contributed by atoms with van der Waals surface area (Å²) >= 11 is 0. The Balaban J connectivity index is 1.68. The van der Waals surface area contributed by atoms with Gasteiger partial charge in [-0.25, -0.2) is 4.52 Å². The molecule has 1 aliphatic heterocycles. The van der Waals surface area contributed by atoms with Crippen LogP contribution >= 0.6 is 0 Å². The Morgan fingerprint density at radius 2 is 2.47 bits per heavy atom. The second kappa shape index (κ2) is 4.85. The SMILES string of the molecule is c1ccn2ncc(CNC3CCCOC3)c2c1. The number of hydrogen-bond acceptors (Lipinski definition) is 3. The molecule has 1 atom stereocenters. The lowest BCUT2D eigenvalue weighted by Crippen LogP contribution is -2.36. The number of nitrogens with zero attached hydrogens (tertiary/aromatic N) is 2. The molecular weight excluding hydrogens is 214 g/mol. The van der Waals surface area contributed by atoms with Crippen molar-refractivity contribution in [1.29, 1.82) is 0 Å². The summed E-state index contributed by atoms with van der Waals surface area (Å²) in [5.41, 5.74) is 2.42. The molecule has 0 spiro atoms. The predicted octanol–water partition coefficient (Wildman–Crippen LogP) is 1.60. The molecule has 1 N–H and O–H groups in total. The second-order valence-corrected chi connectivity index (χ2v) is 4.50. The predicted molar refractivity (Wildman–Crippen MR) is 65.9 cm³/mol. The van der Waals surface area contributed by atoms with E-state index in [9.17, 15) is 0 Å². The zero-order chi connectivity index (χ0) is 11.5. The van der Waals surface area contributed by atoms with E-state index in [-0.39, 0.29) is 0 Å². The number of rotatable bonds is 3. The minimum absolute atomic E-state index is 0.488. The molecule has 4 nitrogen and oxygen atoms in total. The van der Waals surface area contributed by atoms with Crippen LogP contribution in [0.3, 0.4) is 0 Å². The first-order valence-corrected chi connectivity index (χ1v) is 6.16. The van der Waals surface area contributed by atoms with Crippen molar-refractivity contribution in [3.8, 4) is 0 Å². The molecule has 1 unspecified atom stereocenters. The summed E-state index contributed by atoms with van der Waals surface area (Å²) in [4.78, 5) is 0. The Morgan fingerprint density at radius 3 is 3.35 bits per heavy atom. The van der Waals surface area contributed by atoms with Gasteiger partial charge in [-0.1, -0.05) is 6.07 Å². The molecule has 0 bridgehead atoms. The quantitative estimate of drug-likeness (QED) is 0.872. The summed E-state index contributed by atoms with van der Waals surface area (Å²) in [6, 6.07) is 6.63. The molecule has 2 aromatic rings. The summed E-state index contributed by atoms with van der Waals surface area (Å²) < 4.78 is 7.37. The smallest absolute Gasteiger partial charge is 0.0706 e. The summed E-state index contributed by atoms with van der Waals surface area (Å²) in [5.74, 6) is 0. The third kappa shape index (κ3) is 2.33. The highest BCUT2D eigenvalue weighted by molar-refractivity contribution is 5.53. The van der Waals surface area contributed by atoms with Gasteiger partial charge in [0.1, 0.15) is 0 Å². The van der Waals surface area contributed by atoms with Crippen LogP contribution in [0.1, 0.15) is 18.4 Å². The van der Waals surface area contributed by atoms with Crippen LogP contribution in [-0.2, 0) is 11.3 Å². The number of fused-ring (bicyclic) bond motifs is 1. The van der Waals surface area contributed by atoms with Crippen molar-refractivity contribution in [3.63, 3.8) is 0 Å². The lowest BCUT2D eigenvalue weighted by atomic mass is 10.1. The molecule has 0 saturated carbocycles. The lowest BCUT2D eigenvalue weighted by Gasteiger charge is -2.22. The van der Waals surface area contributed by atoms with Gasteiger partial charge in [0.15, 0.2) is 0 Å². The molecule has 2 aromatic heterocycles. The van der Waals surface area contributed by atoms with E-state index in [4.69, 9.17) is 4.74 Å². The summed E-state index contributed by atoms with van der Waals surface area (Å²) in [7, 11) is 0. The van der Waals surface area contributed by atoms with Crippen molar-refractivity contribution in [2.75, 3.05) is 13.2 Å². The van der Waals surface area contributed by atoms with E-state index in [1.165, 1.54) is 17.5 Å². The molecule has 3 rings (SSSR count). The van der Waals surface area contributed by atoms with E-state index in [0.717, 1.165) is 26.2 Å². The third-order valence-corrected chi connectivity index (χ3v) is 3.25. The van der Waals surface area contributed by atoms with Gasteiger partial charge in [0, 0.05) is 31.0 Å². The average molecular weight is 231 g/mol. The Labute approximate surface area is 101 Å². The number of ether oxygens (including phenoxy) is 1. The van der Waals surface area contributed by atoms with Gasteiger partial charge in [-0.15, -0.1) is 0 Å². The van der Waals surface area contributed by atoms with Crippen molar-refractivity contribution in [3.05, 3.63) is 36.2 Å². The molecule has 0 radical (unpaired) electrons. The lowest BCUT2D eigenvalue weighted by molar-refractivity contribution is 0.0700. The Morgan fingerprint density at radius 1 is 1.47 bits per heavy atom. The van der Waals surface area contributed by atoms with Crippen LogP contribution in [0.5, 0.6) is 0 Å². The molecule has 4 heteroatoms. The van der Waals surface area contributed by atoms with Crippen molar-refractivity contribution < 1.29 is 4.74 Å². The van der Waals surface area contributed by atoms with E-state index in [1.54, 1.807) is 0 Å². The number of hydrogen-bond donors (Lipinski definition) is 1. The maximum Gasteiger partial charge on any atom is 0.0706 e. The monoisotopic (exact) mass is 231 g/mol. The summed E-state index contributed by atoms with van der Waals surface area (Å²) in [6.07, 6.45) is 6.28. The first-order chi connectivity index (χ1) is 8.43. The zero-order valence-electron chi connectivity index (χ0n) is 9.80. The Hall–Kier alpha value is -1.39. The van der Waals surface area contributed by atoms with Crippen LogP contribution in [0.2, 0.25) is 0 Å². The van der Waals surface area contributed by atoms with E-state index >= 15 is 0 Å². The fraction of sp³-hybridized carbons (Fsp3) is 0.462. The first-order valence-electron chi connectivity index (χ1n) is 6.16. The molecule has 90 valence electrons. The van der Waals surface area contributed by atoms with Crippen molar-refractivity contribution >= 4 is 5.52 Å². The van der Waals surface area contributed by atoms with Crippen LogP contribution < -0.4 is 5.32 Å². The molecule has 1 saturated heterocycles. The van der Waals surface area contributed by atoms with Crippen LogP contribution in [0.15, 0.2) is 30.6 Å². The molecular formula is C13H17N3O. The first kappa shape index (κ1) is 10.7. The normalized spacial score (nSPS) is 20.8. The molecule has 17 heavy (non-hydrogen) atoms. The van der Waals surface area contributed by atoms with Crippen LogP contribution in [-0.4, -0.2) is 28.9 Å². The number of pyridine rings is 1. The number of aromatic nitrogens is 2. The van der Waals surface area contributed by atoms with Gasteiger partial charge >= 0.3 is 0 Å². The van der Waals surface area contributed by atoms with Gasteiger partial charge in [-0.05, 0) is 25.0 Å².